The first-order valence-corrected chi connectivity index (χ1v) is 5.89. The van der Waals surface area contributed by atoms with Crippen molar-refractivity contribution in [1.82, 2.24) is 4.98 Å². The van der Waals surface area contributed by atoms with Crippen LogP contribution in [0.25, 0.3) is 10.9 Å². The summed E-state index contributed by atoms with van der Waals surface area (Å²) in [6.07, 6.45) is -0.149. The lowest BCUT2D eigenvalue weighted by Crippen LogP contribution is -2.04. The number of halogens is 1. The van der Waals surface area contributed by atoms with E-state index in [2.05, 4.69) is 4.98 Å². The maximum atomic E-state index is 12.0. The summed E-state index contributed by atoms with van der Waals surface area (Å²) in [5.74, 6) is -1.13. The number of fused-ring (bicyclic) bond motifs is 1. The molecule has 1 aromatic carbocycles. The van der Waals surface area contributed by atoms with Gasteiger partial charge >= 0.3 is 5.97 Å². The number of aliphatic carboxylic acids is 1. The molecular weight excluding hydrogens is 254 g/mol. The summed E-state index contributed by atoms with van der Waals surface area (Å²) in [5.41, 5.74) is 2.09. The highest BCUT2D eigenvalue weighted by Crippen LogP contribution is 2.26. The van der Waals surface area contributed by atoms with Crippen LogP contribution in [0.5, 0.6) is 0 Å². The number of benzene rings is 1. The van der Waals surface area contributed by atoms with Gasteiger partial charge in [0.1, 0.15) is 0 Å². The van der Waals surface area contributed by atoms with Crippen molar-refractivity contribution in [2.45, 2.75) is 19.8 Å². The Labute approximate surface area is 109 Å². The van der Waals surface area contributed by atoms with Gasteiger partial charge in [-0.05, 0) is 19.1 Å². The fraction of sp³-hybridized carbons (Fsp3) is 0.231. The monoisotopic (exact) mass is 265 g/mol. The molecule has 0 radical (unpaired) electrons. The number of aryl methyl sites for hydroxylation is 1. The van der Waals surface area contributed by atoms with Crippen molar-refractivity contribution in [3.05, 3.63) is 34.5 Å². The molecule has 0 aliphatic heterocycles. The van der Waals surface area contributed by atoms with Crippen LogP contribution >= 0.6 is 11.6 Å². The third kappa shape index (κ3) is 2.38. The molecule has 2 aromatic rings. The van der Waals surface area contributed by atoms with Crippen LogP contribution in [0.4, 0.5) is 0 Å². The Bertz CT molecular complexity index is 630. The molecule has 18 heavy (non-hydrogen) atoms. The van der Waals surface area contributed by atoms with E-state index in [4.69, 9.17) is 16.7 Å². The smallest absolute Gasteiger partial charge is 0.303 e. The Morgan fingerprint density at radius 2 is 2.06 bits per heavy atom. The van der Waals surface area contributed by atoms with E-state index in [0.717, 1.165) is 16.6 Å². The summed E-state index contributed by atoms with van der Waals surface area (Å²) in [7, 11) is 0. The Kier molecular flexibility index (Phi) is 3.39. The van der Waals surface area contributed by atoms with Crippen LogP contribution in [-0.4, -0.2) is 21.8 Å². The molecule has 0 bridgehead atoms. The molecule has 0 aliphatic carbocycles. The second kappa shape index (κ2) is 4.82. The van der Waals surface area contributed by atoms with Gasteiger partial charge in [0.05, 0.1) is 6.42 Å². The minimum Gasteiger partial charge on any atom is -0.481 e. The molecule has 0 unspecified atom stereocenters. The molecule has 0 saturated heterocycles. The van der Waals surface area contributed by atoms with E-state index < -0.39 is 5.97 Å². The van der Waals surface area contributed by atoms with Crippen molar-refractivity contribution in [3.8, 4) is 0 Å². The molecule has 5 heteroatoms. The first-order chi connectivity index (χ1) is 8.49. The molecular formula is C13H12ClNO3. The Hall–Kier alpha value is -1.81. The highest BCUT2D eigenvalue weighted by molar-refractivity contribution is 6.31. The number of nitrogens with one attached hydrogen (secondary N) is 1. The number of aromatic amines is 1. The summed E-state index contributed by atoms with van der Waals surface area (Å²) >= 11 is 5.88. The fourth-order valence-electron chi connectivity index (χ4n) is 2.01. The minimum absolute atomic E-state index is 0.00571. The zero-order valence-corrected chi connectivity index (χ0v) is 10.5. The van der Waals surface area contributed by atoms with Gasteiger partial charge in [0.15, 0.2) is 5.78 Å². The van der Waals surface area contributed by atoms with Crippen molar-refractivity contribution < 1.29 is 14.7 Å². The third-order valence-electron chi connectivity index (χ3n) is 2.79. The average molecular weight is 266 g/mol. The number of carbonyl (C=O) groups is 2. The van der Waals surface area contributed by atoms with Crippen molar-refractivity contribution in [2.24, 2.45) is 0 Å². The van der Waals surface area contributed by atoms with Crippen LogP contribution < -0.4 is 0 Å². The lowest BCUT2D eigenvalue weighted by molar-refractivity contribution is -0.136. The molecule has 0 spiro atoms. The summed E-state index contributed by atoms with van der Waals surface area (Å²) in [4.78, 5) is 25.6. The van der Waals surface area contributed by atoms with E-state index in [-0.39, 0.29) is 18.6 Å². The van der Waals surface area contributed by atoms with Gasteiger partial charge in [-0.15, -0.1) is 0 Å². The number of hydrogen-bond acceptors (Lipinski definition) is 2. The van der Waals surface area contributed by atoms with E-state index >= 15 is 0 Å². The molecule has 4 nitrogen and oxygen atoms in total. The van der Waals surface area contributed by atoms with Crippen molar-refractivity contribution in [1.29, 1.82) is 0 Å². The van der Waals surface area contributed by atoms with E-state index in [0.29, 0.717) is 10.6 Å². The molecule has 0 saturated carbocycles. The predicted molar refractivity (Wildman–Crippen MR) is 69.2 cm³/mol. The zero-order chi connectivity index (χ0) is 13.3. The van der Waals surface area contributed by atoms with Crippen LogP contribution in [0.1, 0.15) is 28.9 Å². The number of H-pyrrole nitrogens is 1. The summed E-state index contributed by atoms with van der Waals surface area (Å²) in [6.45, 7) is 1.79. The number of aromatic nitrogens is 1. The number of ketones is 1. The van der Waals surface area contributed by atoms with Gasteiger partial charge in [-0.3, -0.25) is 9.59 Å². The molecule has 1 heterocycles. The van der Waals surface area contributed by atoms with E-state index in [1.54, 1.807) is 25.1 Å². The van der Waals surface area contributed by atoms with Crippen LogP contribution in [0.15, 0.2) is 18.2 Å². The Morgan fingerprint density at radius 3 is 2.72 bits per heavy atom. The second-order valence-electron chi connectivity index (χ2n) is 4.13. The molecule has 0 amide bonds. The van der Waals surface area contributed by atoms with Gasteiger partial charge in [0.2, 0.25) is 0 Å². The van der Waals surface area contributed by atoms with Crippen molar-refractivity contribution in [3.63, 3.8) is 0 Å². The standard InChI is InChI=1S/C13H12ClNO3/c1-7-13(11(16)4-5-12(17)18)9-3-2-8(14)6-10(9)15-7/h2-3,6,15H,4-5H2,1H3,(H,17,18). The minimum atomic E-state index is -0.969. The SMILES string of the molecule is Cc1[nH]c2cc(Cl)ccc2c1C(=O)CCC(=O)O. The van der Waals surface area contributed by atoms with Crippen molar-refractivity contribution in [2.75, 3.05) is 0 Å². The number of rotatable bonds is 4. The van der Waals surface area contributed by atoms with Gasteiger partial charge < -0.3 is 10.1 Å². The van der Waals surface area contributed by atoms with Gasteiger partial charge in [0, 0.05) is 33.6 Å². The van der Waals surface area contributed by atoms with E-state index in [1.165, 1.54) is 0 Å². The van der Waals surface area contributed by atoms with E-state index in [9.17, 15) is 9.59 Å². The van der Waals surface area contributed by atoms with Crippen molar-refractivity contribution >= 4 is 34.3 Å². The Morgan fingerprint density at radius 1 is 1.33 bits per heavy atom. The summed E-state index contributed by atoms with van der Waals surface area (Å²) < 4.78 is 0. The Balaban J connectivity index is 2.41. The first kappa shape index (κ1) is 12.6. The van der Waals surface area contributed by atoms with Crippen LogP contribution in [0, 0.1) is 6.92 Å². The lowest BCUT2D eigenvalue weighted by Gasteiger charge is -1.99. The molecule has 2 N–H and O–H groups in total. The quantitative estimate of drug-likeness (QED) is 0.834. The molecule has 0 atom stereocenters. The number of carboxylic acid groups (broad SMARTS) is 1. The topological polar surface area (TPSA) is 70.2 Å². The van der Waals surface area contributed by atoms with Gasteiger partial charge in [-0.1, -0.05) is 17.7 Å². The number of carbonyl (C=O) groups excluding carboxylic acids is 1. The van der Waals surface area contributed by atoms with Gasteiger partial charge in [0.25, 0.3) is 0 Å². The van der Waals surface area contributed by atoms with Crippen LogP contribution in [-0.2, 0) is 4.79 Å². The molecule has 94 valence electrons. The average Bonchev–Trinajstić information content (AvgIpc) is 2.61. The molecule has 2 rings (SSSR count). The largest absolute Gasteiger partial charge is 0.481 e. The maximum Gasteiger partial charge on any atom is 0.303 e. The predicted octanol–water partition coefficient (Wildman–Crippen LogP) is 3.18. The zero-order valence-electron chi connectivity index (χ0n) is 9.79. The van der Waals surface area contributed by atoms with Gasteiger partial charge in [-0.2, -0.15) is 0 Å². The lowest BCUT2D eigenvalue weighted by atomic mass is 10.0. The van der Waals surface area contributed by atoms with Crippen LogP contribution in [0.3, 0.4) is 0 Å². The maximum absolute atomic E-state index is 12.0. The molecule has 0 aliphatic rings. The molecule has 1 aromatic heterocycles. The van der Waals surface area contributed by atoms with Crippen LogP contribution in [0.2, 0.25) is 5.02 Å². The van der Waals surface area contributed by atoms with E-state index in [1.807, 2.05) is 0 Å². The number of carboxylic acids is 1. The summed E-state index contributed by atoms with van der Waals surface area (Å²) in [6, 6.07) is 5.23. The fourth-order valence-corrected chi connectivity index (χ4v) is 2.18. The third-order valence-corrected chi connectivity index (χ3v) is 3.03. The highest BCUT2D eigenvalue weighted by Gasteiger charge is 2.16. The molecule has 0 fully saturated rings. The first-order valence-electron chi connectivity index (χ1n) is 5.52. The van der Waals surface area contributed by atoms with Gasteiger partial charge in [-0.25, -0.2) is 0 Å². The normalized spacial score (nSPS) is 10.8. The summed E-state index contributed by atoms with van der Waals surface area (Å²) in [5, 5.41) is 9.98. The second-order valence-corrected chi connectivity index (χ2v) is 4.57. The number of Topliss-reactive ketones (excluding diaryl/α,β-unsaturated/α-hetero) is 1. The highest BCUT2D eigenvalue weighted by atomic mass is 35.5. The number of hydrogen-bond donors (Lipinski definition) is 2.